The zero-order chi connectivity index (χ0) is 14.5. The minimum absolute atomic E-state index is 0.0873. The first-order chi connectivity index (χ1) is 8.87. The molecular formula is C14H20N2O3. The number of hydrogen-bond acceptors (Lipinski definition) is 3. The van der Waals surface area contributed by atoms with Crippen molar-refractivity contribution in [2.75, 3.05) is 11.9 Å². The van der Waals surface area contributed by atoms with Crippen LogP contribution < -0.4 is 11.1 Å². The summed E-state index contributed by atoms with van der Waals surface area (Å²) in [5, 5.41) is 11.9. The summed E-state index contributed by atoms with van der Waals surface area (Å²) in [5.74, 6) is -0.970. The van der Waals surface area contributed by atoms with Crippen molar-refractivity contribution in [1.29, 1.82) is 0 Å². The van der Waals surface area contributed by atoms with Gasteiger partial charge < -0.3 is 16.2 Å². The highest BCUT2D eigenvalue weighted by molar-refractivity contribution is 5.90. The van der Waals surface area contributed by atoms with E-state index in [1.165, 1.54) is 0 Å². The lowest BCUT2D eigenvalue weighted by molar-refractivity contribution is -0.142. The second-order valence-corrected chi connectivity index (χ2v) is 4.95. The molecule has 19 heavy (non-hydrogen) atoms. The van der Waals surface area contributed by atoms with E-state index >= 15 is 0 Å². The number of carboxylic acids is 1. The fraction of sp³-hybridized carbons (Fsp3) is 0.429. The van der Waals surface area contributed by atoms with Crippen LogP contribution in [0.3, 0.4) is 0 Å². The highest BCUT2D eigenvalue weighted by Gasteiger charge is 2.29. The number of nitrogens with two attached hydrogens (primary N) is 1. The van der Waals surface area contributed by atoms with Crippen LogP contribution in [0.25, 0.3) is 0 Å². The van der Waals surface area contributed by atoms with E-state index in [4.69, 9.17) is 10.8 Å². The summed E-state index contributed by atoms with van der Waals surface area (Å²) in [6.07, 6.45) is 1.04. The van der Waals surface area contributed by atoms with Crippen molar-refractivity contribution in [2.45, 2.75) is 32.1 Å². The molecule has 104 valence electrons. The monoisotopic (exact) mass is 264 g/mol. The van der Waals surface area contributed by atoms with Crippen LogP contribution in [0.2, 0.25) is 0 Å². The third-order valence-electron chi connectivity index (χ3n) is 3.03. The average Bonchev–Trinajstić information content (AvgIpc) is 2.36. The van der Waals surface area contributed by atoms with Crippen molar-refractivity contribution >= 4 is 17.6 Å². The van der Waals surface area contributed by atoms with Gasteiger partial charge in [0.15, 0.2) is 0 Å². The van der Waals surface area contributed by atoms with Crippen molar-refractivity contribution in [3.8, 4) is 0 Å². The number of rotatable bonds is 6. The molecule has 0 saturated carbocycles. The molecule has 0 aliphatic heterocycles. The van der Waals surface area contributed by atoms with E-state index in [1.807, 2.05) is 0 Å². The van der Waals surface area contributed by atoms with Gasteiger partial charge in [-0.05, 0) is 44.5 Å². The van der Waals surface area contributed by atoms with Gasteiger partial charge in [-0.15, -0.1) is 0 Å². The number of amides is 1. The van der Waals surface area contributed by atoms with Crippen molar-refractivity contribution in [3.05, 3.63) is 29.8 Å². The van der Waals surface area contributed by atoms with E-state index in [0.717, 1.165) is 0 Å². The van der Waals surface area contributed by atoms with Crippen LogP contribution >= 0.6 is 0 Å². The summed E-state index contributed by atoms with van der Waals surface area (Å²) >= 11 is 0. The summed E-state index contributed by atoms with van der Waals surface area (Å²) in [6, 6.07) is 6.85. The van der Waals surface area contributed by atoms with Gasteiger partial charge in [-0.3, -0.25) is 9.59 Å². The van der Waals surface area contributed by atoms with Gasteiger partial charge in [0.1, 0.15) is 0 Å². The van der Waals surface area contributed by atoms with Gasteiger partial charge in [0.05, 0.1) is 5.41 Å². The first kappa shape index (κ1) is 15.2. The van der Waals surface area contributed by atoms with E-state index < -0.39 is 11.4 Å². The quantitative estimate of drug-likeness (QED) is 0.729. The van der Waals surface area contributed by atoms with Crippen LogP contribution in [0.1, 0.15) is 32.3 Å². The molecule has 0 unspecified atom stereocenters. The highest BCUT2D eigenvalue weighted by atomic mass is 16.4. The minimum Gasteiger partial charge on any atom is -0.481 e. The number of anilines is 1. The molecule has 4 N–H and O–H groups in total. The molecule has 0 aliphatic rings. The molecule has 0 spiro atoms. The Bertz CT molecular complexity index is 452. The van der Waals surface area contributed by atoms with Gasteiger partial charge in [0.2, 0.25) is 5.91 Å². The van der Waals surface area contributed by atoms with Crippen LogP contribution in [0.15, 0.2) is 24.3 Å². The Kier molecular flexibility index (Phi) is 5.06. The van der Waals surface area contributed by atoms with E-state index in [9.17, 15) is 9.59 Å². The highest BCUT2D eigenvalue weighted by Crippen LogP contribution is 2.24. The second-order valence-electron chi connectivity index (χ2n) is 4.95. The Morgan fingerprint density at radius 1 is 1.26 bits per heavy atom. The molecule has 0 fully saturated rings. The van der Waals surface area contributed by atoms with Gasteiger partial charge >= 0.3 is 5.97 Å². The maximum atomic E-state index is 11.5. The topological polar surface area (TPSA) is 92.4 Å². The maximum Gasteiger partial charge on any atom is 0.313 e. The lowest BCUT2D eigenvalue weighted by Crippen LogP contribution is -2.28. The summed E-state index contributed by atoms with van der Waals surface area (Å²) in [4.78, 5) is 22.6. The number of carbonyl (C=O) groups is 2. The van der Waals surface area contributed by atoms with Crippen LogP contribution in [0, 0.1) is 0 Å². The van der Waals surface area contributed by atoms with Crippen LogP contribution in [0.5, 0.6) is 0 Å². The lowest BCUT2D eigenvalue weighted by atomic mass is 9.85. The zero-order valence-corrected chi connectivity index (χ0v) is 11.3. The fourth-order valence-electron chi connectivity index (χ4n) is 1.58. The van der Waals surface area contributed by atoms with Crippen molar-refractivity contribution in [3.63, 3.8) is 0 Å². The molecular weight excluding hydrogens is 244 g/mol. The Morgan fingerprint density at radius 3 is 2.32 bits per heavy atom. The van der Waals surface area contributed by atoms with Gasteiger partial charge in [0, 0.05) is 12.1 Å². The summed E-state index contributed by atoms with van der Waals surface area (Å²) < 4.78 is 0. The van der Waals surface area contributed by atoms with E-state index in [0.29, 0.717) is 30.6 Å². The van der Waals surface area contributed by atoms with Crippen LogP contribution in [0.4, 0.5) is 5.69 Å². The Hall–Kier alpha value is -1.88. The Balaban J connectivity index is 2.72. The van der Waals surface area contributed by atoms with Gasteiger partial charge in [0.25, 0.3) is 0 Å². The number of carbonyl (C=O) groups excluding carboxylic acids is 1. The molecule has 1 aromatic rings. The number of hydrogen-bond donors (Lipinski definition) is 3. The third-order valence-corrected chi connectivity index (χ3v) is 3.03. The molecule has 5 nitrogen and oxygen atoms in total. The predicted molar refractivity (Wildman–Crippen MR) is 74.0 cm³/mol. The number of aliphatic carboxylic acids is 1. The largest absolute Gasteiger partial charge is 0.481 e. The van der Waals surface area contributed by atoms with Gasteiger partial charge in [-0.1, -0.05) is 12.1 Å². The molecule has 5 heteroatoms. The molecule has 0 aromatic heterocycles. The Labute approximate surface area is 112 Å². The summed E-state index contributed by atoms with van der Waals surface area (Å²) in [6.45, 7) is 3.77. The van der Waals surface area contributed by atoms with Crippen molar-refractivity contribution in [1.82, 2.24) is 0 Å². The average molecular weight is 264 g/mol. The zero-order valence-electron chi connectivity index (χ0n) is 11.3. The normalized spacial score (nSPS) is 11.1. The SMILES string of the molecule is CC(C)(C(=O)O)c1ccc(NC(=O)CCCN)cc1. The van der Waals surface area contributed by atoms with Crippen molar-refractivity contribution in [2.24, 2.45) is 5.73 Å². The second kappa shape index (κ2) is 6.33. The lowest BCUT2D eigenvalue weighted by Gasteiger charge is -2.19. The number of benzene rings is 1. The van der Waals surface area contributed by atoms with E-state index in [-0.39, 0.29) is 5.91 Å². The minimum atomic E-state index is -0.942. The molecule has 0 saturated heterocycles. The van der Waals surface area contributed by atoms with Crippen molar-refractivity contribution < 1.29 is 14.7 Å². The van der Waals surface area contributed by atoms with Gasteiger partial charge in [-0.2, -0.15) is 0 Å². The van der Waals surface area contributed by atoms with Gasteiger partial charge in [-0.25, -0.2) is 0 Å². The molecule has 0 radical (unpaired) electrons. The smallest absolute Gasteiger partial charge is 0.313 e. The van der Waals surface area contributed by atoms with E-state index in [2.05, 4.69) is 5.32 Å². The first-order valence-electron chi connectivity index (χ1n) is 6.22. The molecule has 0 bridgehead atoms. The molecule has 0 atom stereocenters. The summed E-state index contributed by atoms with van der Waals surface area (Å²) in [5.41, 5.74) is 5.74. The molecule has 1 amide bonds. The first-order valence-corrected chi connectivity index (χ1v) is 6.22. The van der Waals surface area contributed by atoms with Crippen LogP contribution in [-0.2, 0) is 15.0 Å². The molecule has 0 aliphatic carbocycles. The number of nitrogens with one attached hydrogen (secondary N) is 1. The standard InChI is InChI=1S/C14H20N2O3/c1-14(2,13(18)19)10-5-7-11(8-6-10)16-12(17)4-3-9-15/h5-8H,3-4,9,15H2,1-2H3,(H,16,17)(H,18,19). The number of carboxylic acid groups (broad SMARTS) is 1. The fourth-order valence-corrected chi connectivity index (χ4v) is 1.58. The van der Waals surface area contributed by atoms with E-state index in [1.54, 1.807) is 38.1 Å². The molecule has 1 aromatic carbocycles. The maximum absolute atomic E-state index is 11.5. The van der Waals surface area contributed by atoms with Crippen LogP contribution in [-0.4, -0.2) is 23.5 Å². The third kappa shape index (κ3) is 4.06. The summed E-state index contributed by atoms with van der Waals surface area (Å²) in [7, 11) is 0. The molecule has 1 rings (SSSR count). The Morgan fingerprint density at radius 2 is 1.84 bits per heavy atom. The predicted octanol–water partition coefficient (Wildman–Crippen LogP) is 1.73. The molecule has 0 heterocycles.